The molecule has 22 heavy (non-hydrogen) atoms. The van der Waals surface area contributed by atoms with Crippen molar-refractivity contribution in [2.24, 2.45) is 0 Å². The van der Waals surface area contributed by atoms with Gasteiger partial charge in [0.2, 0.25) is 0 Å². The normalized spacial score (nSPS) is 20.5. The average Bonchev–Trinajstić information content (AvgIpc) is 2.49. The minimum Gasteiger partial charge on any atom is -0.494 e. The number of ether oxygens (including phenoxy) is 1. The van der Waals surface area contributed by atoms with Crippen molar-refractivity contribution < 1.29 is 14.2 Å². The summed E-state index contributed by atoms with van der Waals surface area (Å²) in [6.45, 7) is 8.31. The molecule has 1 aromatic carbocycles. The standard InChI is InChI=1S/C17H27FN2O2/c1-13(2)20-8-7-19(12-15(20)6-9-21)11-14-4-5-16(18)17(10-14)22-3/h4-5,10,13,15,21H,6-9,11-12H2,1-3H3. The summed E-state index contributed by atoms with van der Waals surface area (Å²) in [7, 11) is 1.49. The molecule has 0 radical (unpaired) electrons. The first-order valence-corrected chi connectivity index (χ1v) is 7.96. The molecule has 1 N–H and O–H groups in total. The Hall–Kier alpha value is -1.17. The summed E-state index contributed by atoms with van der Waals surface area (Å²) in [6.07, 6.45) is 0.793. The fourth-order valence-corrected chi connectivity index (χ4v) is 3.22. The molecule has 1 atom stereocenters. The Labute approximate surface area is 132 Å². The van der Waals surface area contributed by atoms with E-state index in [1.165, 1.54) is 13.2 Å². The highest BCUT2D eigenvalue weighted by Gasteiger charge is 2.28. The van der Waals surface area contributed by atoms with E-state index in [9.17, 15) is 9.50 Å². The van der Waals surface area contributed by atoms with Crippen molar-refractivity contribution in [3.05, 3.63) is 29.6 Å². The van der Waals surface area contributed by atoms with Crippen LogP contribution in [-0.2, 0) is 6.54 Å². The first-order chi connectivity index (χ1) is 10.5. The van der Waals surface area contributed by atoms with Gasteiger partial charge in [-0.25, -0.2) is 4.39 Å². The van der Waals surface area contributed by atoms with Gasteiger partial charge in [-0.15, -0.1) is 0 Å². The topological polar surface area (TPSA) is 35.9 Å². The van der Waals surface area contributed by atoms with Gasteiger partial charge in [-0.05, 0) is 38.0 Å². The lowest BCUT2D eigenvalue weighted by Crippen LogP contribution is -2.55. The minimum atomic E-state index is -0.325. The molecule has 5 heteroatoms. The lowest BCUT2D eigenvalue weighted by molar-refractivity contribution is 0.0349. The van der Waals surface area contributed by atoms with Gasteiger partial charge in [0.25, 0.3) is 0 Å². The van der Waals surface area contributed by atoms with Gasteiger partial charge in [-0.2, -0.15) is 0 Å². The SMILES string of the molecule is COc1cc(CN2CCN(C(C)C)C(CCO)C2)ccc1F. The van der Waals surface area contributed by atoms with Crippen molar-refractivity contribution in [3.63, 3.8) is 0 Å². The number of hydrogen-bond donors (Lipinski definition) is 1. The first-order valence-electron chi connectivity index (χ1n) is 7.96. The summed E-state index contributed by atoms with van der Waals surface area (Å²) in [4.78, 5) is 4.82. The molecule has 4 nitrogen and oxygen atoms in total. The molecule has 0 bridgehead atoms. The number of methoxy groups -OCH3 is 1. The third-order valence-electron chi connectivity index (χ3n) is 4.36. The summed E-state index contributed by atoms with van der Waals surface area (Å²) in [5.74, 6) is -0.0285. The quantitative estimate of drug-likeness (QED) is 0.873. The molecule has 124 valence electrons. The van der Waals surface area contributed by atoms with Crippen molar-refractivity contribution in [3.8, 4) is 5.75 Å². The number of benzene rings is 1. The van der Waals surface area contributed by atoms with Crippen LogP contribution in [0.4, 0.5) is 4.39 Å². The van der Waals surface area contributed by atoms with E-state index in [1.54, 1.807) is 6.07 Å². The van der Waals surface area contributed by atoms with Gasteiger partial charge in [-0.1, -0.05) is 6.07 Å². The van der Waals surface area contributed by atoms with Crippen LogP contribution in [0.1, 0.15) is 25.8 Å². The molecule has 1 aliphatic rings. The maximum absolute atomic E-state index is 13.5. The van der Waals surface area contributed by atoms with Crippen LogP contribution in [0, 0.1) is 5.82 Å². The molecule has 1 unspecified atom stereocenters. The van der Waals surface area contributed by atoms with E-state index in [0.717, 1.165) is 38.2 Å². The zero-order valence-corrected chi connectivity index (χ0v) is 13.8. The van der Waals surface area contributed by atoms with Crippen LogP contribution in [0.5, 0.6) is 5.75 Å². The molecule has 1 fully saturated rings. The predicted octanol–water partition coefficient (Wildman–Crippen LogP) is 2.11. The molecule has 0 amide bonds. The van der Waals surface area contributed by atoms with E-state index in [0.29, 0.717) is 17.8 Å². The summed E-state index contributed by atoms with van der Waals surface area (Å²) >= 11 is 0. The second-order valence-electron chi connectivity index (χ2n) is 6.20. The van der Waals surface area contributed by atoms with Gasteiger partial charge in [-0.3, -0.25) is 9.80 Å². The highest BCUT2D eigenvalue weighted by Crippen LogP contribution is 2.22. The molecule has 1 aromatic rings. The Morgan fingerprint density at radius 1 is 1.36 bits per heavy atom. The van der Waals surface area contributed by atoms with Crippen molar-refractivity contribution in [2.75, 3.05) is 33.4 Å². The lowest BCUT2D eigenvalue weighted by Gasteiger charge is -2.43. The van der Waals surface area contributed by atoms with E-state index in [1.807, 2.05) is 6.07 Å². The van der Waals surface area contributed by atoms with Gasteiger partial charge >= 0.3 is 0 Å². The highest BCUT2D eigenvalue weighted by atomic mass is 19.1. The van der Waals surface area contributed by atoms with E-state index in [4.69, 9.17) is 4.74 Å². The fraction of sp³-hybridized carbons (Fsp3) is 0.647. The van der Waals surface area contributed by atoms with Crippen LogP contribution in [0.3, 0.4) is 0 Å². The maximum atomic E-state index is 13.5. The molecular formula is C17H27FN2O2. The third kappa shape index (κ3) is 4.18. The largest absolute Gasteiger partial charge is 0.494 e. The van der Waals surface area contributed by atoms with E-state index < -0.39 is 0 Å². The van der Waals surface area contributed by atoms with E-state index in [2.05, 4.69) is 23.6 Å². The fourth-order valence-electron chi connectivity index (χ4n) is 3.22. The summed E-state index contributed by atoms with van der Waals surface area (Å²) in [5, 5.41) is 9.29. The number of nitrogens with zero attached hydrogens (tertiary/aromatic N) is 2. The van der Waals surface area contributed by atoms with Crippen LogP contribution in [0.2, 0.25) is 0 Å². The Kier molecular flexibility index (Phi) is 6.17. The van der Waals surface area contributed by atoms with Crippen LogP contribution in [0.25, 0.3) is 0 Å². The van der Waals surface area contributed by atoms with Gasteiger partial charge in [0.1, 0.15) is 0 Å². The van der Waals surface area contributed by atoms with Crippen LogP contribution in [-0.4, -0.2) is 60.3 Å². The smallest absolute Gasteiger partial charge is 0.165 e. The van der Waals surface area contributed by atoms with Gasteiger partial charge in [0, 0.05) is 44.9 Å². The Morgan fingerprint density at radius 3 is 2.77 bits per heavy atom. The Bertz CT molecular complexity index is 482. The van der Waals surface area contributed by atoms with Crippen LogP contribution in [0.15, 0.2) is 18.2 Å². The second-order valence-corrected chi connectivity index (χ2v) is 6.20. The molecule has 1 heterocycles. The number of aliphatic hydroxyl groups excluding tert-OH is 1. The van der Waals surface area contributed by atoms with Crippen molar-refractivity contribution in [1.82, 2.24) is 9.80 Å². The molecule has 0 saturated carbocycles. The van der Waals surface area contributed by atoms with Crippen molar-refractivity contribution >= 4 is 0 Å². The monoisotopic (exact) mass is 310 g/mol. The Balaban J connectivity index is 2.01. The van der Waals surface area contributed by atoms with Gasteiger partial charge in [0.15, 0.2) is 11.6 Å². The van der Waals surface area contributed by atoms with Crippen molar-refractivity contribution in [2.45, 2.75) is 38.9 Å². The summed E-state index contributed by atoms with van der Waals surface area (Å²) in [5.41, 5.74) is 1.05. The predicted molar refractivity (Wildman–Crippen MR) is 85.6 cm³/mol. The summed E-state index contributed by atoms with van der Waals surface area (Å²) < 4.78 is 18.5. The molecule has 2 rings (SSSR count). The lowest BCUT2D eigenvalue weighted by atomic mass is 10.1. The molecule has 0 aromatic heterocycles. The number of rotatable bonds is 6. The molecule has 0 spiro atoms. The Morgan fingerprint density at radius 2 is 2.14 bits per heavy atom. The summed E-state index contributed by atoms with van der Waals surface area (Å²) in [6, 6.07) is 5.91. The average molecular weight is 310 g/mol. The molecule has 0 aliphatic carbocycles. The van der Waals surface area contributed by atoms with Gasteiger partial charge < -0.3 is 9.84 Å². The third-order valence-corrected chi connectivity index (χ3v) is 4.36. The number of halogens is 1. The maximum Gasteiger partial charge on any atom is 0.165 e. The highest BCUT2D eigenvalue weighted by molar-refractivity contribution is 5.30. The molecule has 1 saturated heterocycles. The van der Waals surface area contributed by atoms with E-state index >= 15 is 0 Å². The second kappa shape index (κ2) is 7.90. The molecule has 1 aliphatic heterocycles. The van der Waals surface area contributed by atoms with Crippen LogP contribution < -0.4 is 4.74 Å². The number of piperazine rings is 1. The van der Waals surface area contributed by atoms with Gasteiger partial charge in [0.05, 0.1) is 7.11 Å². The molecular weight excluding hydrogens is 283 g/mol. The minimum absolute atomic E-state index is 0.214. The zero-order valence-electron chi connectivity index (χ0n) is 13.8. The van der Waals surface area contributed by atoms with Crippen LogP contribution >= 0.6 is 0 Å². The van der Waals surface area contributed by atoms with E-state index in [-0.39, 0.29) is 12.4 Å². The zero-order chi connectivity index (χ0) is 16.1. The van der Waals surface area contributed by atoms with Crippen molar-refractivity contribution in [1.29, 1.82) is 0 Å². The first kappa shape index (κ1) is 17.2. The number of hydrogen-bond acceptors (Lipinski definition) is 4. The number of aliphatic hydroxyl groups is 1.